The Bertz CT molecular complexity index is 254. The highest BCUT2D eigenvalue weighted by Gasteiger charge is 2.25. The van der Waals surface area contributed by atoms with Crippen LogP contribution in [-0.4, -0.2) is 48.3 Å². The zero-order valence-electron chi connectivity index (χ0n) is 8.32. The van der Waals surface area contributed by atoms with Crippen LogP contribution in [0.5, 0.6) is 0 Å². The molecule has 1 aliphatic heterocycles. The minimum atomic E-state index is -0.878. The second kappa shape index (κ2) is 5.63. The lowest BCUT2D eigenvalue weighted by atomic mass is 10.2. The van der Waals surface area contributed by atoms with Gasteiger partial charge in [0.05, 0.1) is 6.61 Å². The fourth-order valence-corrected chi connectivity index (χ4v) is 1.39. The third kappa shape index (κ3) is 3.36. The number of rotatable bonds is 3. The first-order valence-corrected chi connectivity index (χ1v) is 4.70. The highest BCUT2D eigenvalue weighted by atomic mass is 16.5. The van der Waals surface area contributed by atoms with Crippen molar-refractivity contribution in [1.29, 1.82) is 0 Å². The number of aliphatic carboxylic acids is 1. The van der Waals surface area contributed by atoms with E-state index in [2.05, 4.69) is 16.7 Å². The van der Waals surface area contributed by atoms with Gasteiger partial charge in [-0.25, -0.2) is 4.79 Å². The zero-order valence-corrected chi connectivity index (χ0v) is 8.32. The molecule has 0 aromatic rings. The van der Waals surface area contributed by atoms with E-state index in [1.54, 1.807) is 6.92 Å². The molecular formula is C10H15NO3. The van der Waals surface area contributed by atoms with E-state index in [0.717, 1.165) is 19.5 Å². The molecule has 1 fully saturated rings. The molecule has 1 rings (SSSR count). The first kappa shape index (κ1) is 11.0. The topological polar surface area (TPSA) is 49.8 Å². The second-order valence-electron chi connectivity index (χ2n) is 3.18. The Hall–Kier alpha value is -1.05. The van der Waals surface area contributed by atoms with Crippen LogP contribution in [0.3, 0.4) is 0 Å². The number of hydrogen-bond donors (Lipinski definition) is 1. The lowest BCUT2D eigenvalue weighted by molar-refractivity contribution is -0.155. The summed E-state index contributed by atoms with van der Waals surface area (Å²) in [7, 11) is 0. The maximum Gasteiger partial charge on any atom is 0.334 e. The van der Waals surface area contributed by atoms with E-state index in [1.165, 1.54) is 0 Å². The van der Waals surface area contributed by atoms with E-state index >= 15 is 0 Å². The molecule has 4 heteroatoms. The van der Waals surface area contributed by atoms with E-state index in [9.17, 15) is 4.79 Å². The maximum atomic E-state index is 10.7. The van der Waals surface area contributed by atoms with Crippen LogP contribution >= 0.6 is 0 Å². The fourth-order valence-electron chi connectivity index (χ4n) is 1.39. The lowest BCUT2D eigenvalue weighted by Gasteiger charge is -2.30. The molecule has 0 aromatic heterocycles. The number of morpholine rings is 1. The van der Waals surface area contributed by atoms with Crippen molar-refractivity contribution in [3.8, 4) is 11.8 Å². The zero-order chi connectivity index (χ0) is 10.4. The van der Waals surface area contributed by atoms with Crippen molar-refractivity contribution in [3.63, 3.8) is 0 Å². The average Bonchev–Trinajstić information content (AvgIpc) is 2.19. The molecular weight excluding hydrogens is 182 g/mol. The molecule has 1 unspecified atom stereocenters. The Labute approximate surface area is 83.8 Å². The van der Waals surface area contributed by atoms with Crippen LogP contribution in [0, 0.1) is 11.8 Å². The Morgan fingerprint density at radius 2 is 2.50 bits per heavy atom. The van der Waals surface area contributed by atoms with Gasteiger partial charge in [0, 0.05) is 26.1 Å². The highest BCUT2D eigenvalue weighted by Crippen LogP contribution is 2.05. The lowest BCUT2D eigenvalue weighted by Crippen LogP contribution is -2.46. The molecule has 1 heterocycles. The van der Waals surface area contributed by atoms with Crippen molar-refractivity contribution in [1.82, 2.24) is 4.90 Å². The van der Waals surface area contributed by atoms with E-state index in [0.29, 0.717) is 13.2 Å². The summed E-state index contributed by atoms with van der Waals surface area (Å²) in [6.07, 6.45) is 0.126. The molecule has 0 amide bonds. The van der Waals surface area contributed by atoms with Gasteiger partial charge in [0.2, 0.25) is 0 Å². The van der Waals surface area contributed by atoms with Crippen LogP contribution in [0.15, 0.2) is 0 Å². The van der Waals surface area contributed by atoms with E-state index in [-0.39, 0.29) is 0 Å². The second-order valence-corrected chi connectivity index (χ2v) is 3.18. The normalized spacial score (nSPS) is 22.5. The summed E-state index contributed by atoms with van der Waals surface area (Å²) in [5.74, 6) is 4.90. The van der Waals surface area contributed by atoms with Gasteiger partial charge in [0.1, 0.15) is 0 Å². The fraction of sp³-hybridized carbons (Fsp3) is 0.700. The molecule has 0 bridgehead atoms. The van der Waals surface area contributed by atoms with Gasteiger partial charge < -0.3 is 9.84 Å². The van der Waals surface area contributed by atoms with Gasteiger partial charge in [-0.05, 0) is 6.92 Å². The summed E-state index contributed by atoms with van der Waals surface area (Å²) in [6, 6.07) is 0. The molecule has 4 nitrogen and oxygen atoms in total. The minimum absolute atomic E-state index is 0.473. The van der Waals surface area contributed by atoms with Gasteiger partial charge in [-0.2, -0.15) is 0 Å². The molecule has 14 heavy (non-hydrogen) atoms. The van der Waals surface area contributed by atoms with Gasteiger partial charge in [-0.15, -0.1) is 11.8 Å². The molecule has 1 aliphatic rings. The smallest absolute Gasteiger partial charge is 0.334 e. The summed E-state index contributed by atoms with van der Waals surface area (Å²) in [5, 5.41) is 8.75. The van der Waals surface area contributed by atoms with Crippen molar-refractivity contribution in [3.05, 3.63) is 0 Å². The van der Waals surface area contributed by atoms with Gasteiger partial charge in [0.25, 0.3) is 0 Å². The van der Waals surface area contributed by atoms with Crippen LogP contribution in [0.25, 0.3) is 0 Å². The molecule has 0 radical (unpaired) electrons. The SMILES string of the molecule is CC#CCCN1CCOC(C(=O)O)C1. The van der Waals surface area contributed by atoms with E-state index in [4.69, 9.17) is 9.84 Å². The summed E-state index contributed by atoms with van der Waals surface area (Å²) < 4.78 is 5.10. The minimum Gasteiger partial charge on any atom is -0.479 e. The molecule has 78 valence electrons. The van der Waals surface area contributed by atoms with Crippen molar-refractivity contribution in [2.45, 2.75) is 19.4 Å². The van der Waals surface area contributed by atoms with Crippen LogP contribution < -0.4 is 0 Å². The first-order valence-electron chi connectivity index (χ1n) is 4.70. The number of carbonyl (C=O) groups is 1. The Morgan fingerprint density at radius 3 is 3.14 bits per heavy atom. The van der Waals surface area contributed by atoms with Crippen LogP contribution in [0.4, 0.5) is 0 Å². The molecule has 0 saturated carbocycles. The highest BCUT2D eigenvalue weighted by molar-refractivity contribution is 5.72. The number of carboxylic acids is 1. The molecule has 1 atom stereocenters. The quantitative estimate of drug-likeness (QED) is 0.656. The van der Waals surface area contributed by atoms with E-state index in [1.807, 2.05) is 0 Å². The monoisotopic (exact) mass is 197 g/mol. The Morgan fingerprint density at radius 1 is 1.71 bits per heavy atom. The van der Waals surface area contributed by atoms with Crippen molar-refractivity contribution < 1.29 is 14.6 Å². The van der Waals surface area contributed by atoms with Crippen molar-refractivity contribution in [2.75, 3.05) is 26.2 Å². The number of carboxylic acid groups (broad SMARTS) is 1. The van der Waals surface area contributed by atoms with Crippen LogP contribution in [0.2, 0.25) is 0 Å². The molecule has 1 saturated heterocycles. The van der Waals surface area contributed by atoms with Gasteiger partial charge in [-0.1, -0.05) is 0 Å². The van der Waals surface area contributed by atoms with Crippen LogP contribution in [-0.2, 0) is 9.53 Å². The summed E-state index contributed by atoms with van der Waals surface area (Å²) >= 11 is 0. The Kier molecular flexibility index (Phi) is 4.44. The van der Waals surface area contributed by atoms with E-state index < -0.39 is 12.1 Å². The predicted octanol–water partition coefficient (Wildman–Crippen LogP) is 0.185. The standard InChI is InChI=1S/C10H15NO3/c1-2-3-4-5-11-6-7-14-9(8-11)10(12)13/h9H,4-8H2,1H3,(H,12,13). The number of hydrogen-bond acceptors (Lipinski definition) is 3. The average molecular weight is 197 g/mol. The molecule has 1 N–H and O–H groups in total. The third-order valence-electron chi connectivity index (χ3n) is 2.16. The number of ether oxygens (including phenoxy) is 1. The van der Waals surface area contributed by atoms with Gasteiger partial charge in [-0.3, -0.25) is 4.90 Å². The van der Waals surface area contributed by atoms with Gasteiger partial charge >= 0.3 is 5.97 Å². The molecule has 0 spiro atoms. The van der Waals surface area contributed by atoms with Gasteiger partial charge in [0.15, 0.2) is 6.10 Å². The van der Waals surface area contributed by atoms with Crippen molar-refractivity contribution >= 4 is 5.97 Å². The third-order valence-corrected chi connectivity index (χ3v) is 2.16. The molecule has 0 aliphatic carbocycles. The van der Waals surface area contributed by atoms with Crippen molar-refractivity contribution in [2.24, 2.45) is 0 Å². The predicted molar refractivity (Wildman–Crippen MR) is 51.9 cm³/mol. The summed E-state index contributed by atoms with van der Waals surface area (Å²) in [4.78, 5) is 12.7. The summed E-state index contributed by atoms with van der Waals surface area (Å²) in [5.41, 5.74) is 0. The largest absolute Gasteiger partial charge is 0.479 e. The first-order chi connectivity index (χ1) is 6.74. The maximum absolute atomic E-state index is 10.7. The molecule has 0 aromatic carbocycles. The Balaban J connectivity index is 2.31. The number of nitrogens with zero attached hydrogens (tertiary/aromatic N) is 1. The summed E-state index contributed by atoms with van der Waals surface area (Å²) in [6.45, 7) is 4.40. The van der Waals surface area contributed by atoms with Crippen LogP contribution in [0.1, 0.15) is 13.3 Å².